The monoisotopic (exact) mass is 356 g/mol. The smallest absolute Gasteiger partial charge is 0.285 e. The predicted molar refractivity (Wildman–Crippen MR) is 100 cm³/mol. The van der Waals surface area contributed by atoms with Crippen LogP contribution in [0.25, 0.3) is 0 Å². The largest absolute Gasteiger partial charge is 0.312 e. The van der Waals surface area contributed by atoms with Crippen molar-refractivity contribution in [3.63, 3.8) is 0 Å². The van der Waals surface area contributed by atoms with E-state index in [1.165, 1.54) is 17.2 Å². The molecule has 6 heteroatoms. The summed E-state index contributed by atoms with van der Waals surface area (Å²) in [4.78, 5) is 25.8. The number of likely N-dealkylation sites (N-methyl/N-ethyl adjacent to an activating group) is 1. The Kier molecular flexibility index (Phi) is 5.54. The van der Waals surface area contributed by atoms with Gasteiger partial charge in [0.25, 0.3) is 5.91 Å². The Balaban J connectivity index is 2.28. The van der Waals surface area contributed by atoms with Crippen LogP contribution in [0.2, 0.25) is 0 Å². The van der Waals surface area contributed by atoms with Gasteiger partial charge in [0.15, 0.2) is 0 Å². The van der Waals surface area contributed by atoms with Gasteiger partial charge >= 0.3 is 0 Å². The lowest BCUT2D eigenvalue weighted by Gasteiger charge is -2.15. The molecule has 0 radical (unpaired) electrons. The lowest BCUT2D eigenvalue weighted by molar-refractivity contribution is -0.113. The number of carbonyl (C=O) groups excluding carboxylic acids is 2. The first-order valence-corrected chi connectivity index (χ1v) is 9.50. The molecule has 0 aliphatic carbocycles. The molecule has 1 unspecified atom stereocenters. The Labute approximate surface area is 148 Å². The van der Waals surface area contributed by atoms with Crippen LogP contribution < -0.4 is 4.90 Å². The molecule has 5 nitrogen and oxygen atoms in total. The van der Waals surface area contributed by atoms with Crippen LogP contribution in [0.5, 0.6) is 0 Å². The SMILES string of the molecule is C=CC(=O)N(C)c1ccc(C(=O)N=S(C)(=O)c2ccc(C)cc2)cc1. The molecule has 0 aliphatic rings. The lowest BCUT2D eigenvalue weighted by Crippen LogP contribution is -2.23. The molecule has 2 amide bonds. The maximum atomic E-state index is 12.7. The summed E-state index contributed by atoms with van der Waals surface area (Å²) in [6.07, 6.45) is 2.66. The number of nitrogens with zero attached hydrogens (tertiary/aromatic N) is 2. The van der Waals surface area contributed by atoms with Crippen LogP contribution in [0, 0.1) is 6.92 Å². The maximum Gasteiger partial charge on any atom is 0.285 e. The van der Waals surface area contributed by atoms with Crippen molar-refractivity contribution in [2.45, 2.75) is 11.8 Å². The van der Waals surface area contributed by atoms with E-state index in [4.69, 9.17) is 0 Å². The molecule has 0 aromatic heterocycles. The summed E-state index contributed by atoms with van der Waals surface area (Å²) in [5.74, 6) is -0.808. The number of carbonyl (C=O) groups is 2. The van der Waals surface area contributed by atoms with Crippen molar-refractivity contribution in [1.29, 1.82) is 0 Å². The Morgan fingerprint density at radius 1 is 1.08 bits per heavy atom. The first kappa shape index (κ1) is 18.6. The molecular weight excluding hydrogens is 336 g/mol. The van der Waals surface area contributed by atoms with Crippen molar-refractivity contribution in [3.8, 4) is 0 Å². The van der Waals surface area contributed by atoms with Gasteiger partial charge in [-0.05, 0) is 49.4 Å². The standard InChI is InChI=1S/C19H20N2O3S/c1-5-18(22)21(3)16-10-8-15(9-11-16)19(23)20-25(4,24)17-12-6-14(2)7-13-17/h5-13H,1H2,2-4H3. The van der Waals surface area contributed by atoms with Crippen LogP contribution in [-0.2, 0) is 14.5 Å². The fourth-order valence-electron chi connectivity index (χ4n) is 2.15. The third-order valence-electron chi connectivity index (χ3n) is 3.72. The third-order valence-corrected chi connectivity index (χ3v) is 5.38. The highest BCUT2D eigenvalue weighted by molar-refractivity contribution is 7.93. The highest BCUT2D eigenvalue weighted by Gasteiger charge is 2.12. The van der Waals surface area contributed by atoms with Gasteiger partial charge in [-0.2, -0.15) is 4.36 Å². The molecule has 0 N–H and O–H groups in total. The van der Waals surface area contributed by atoms with E-state index in [9.17, 15) is 13.8 Å². The Bertz CT molecular complexity index is 922. The molecule has 0 saturated heterocycles. The van der Waals surface area contributed by atoms with Crippen molar-refractivity contribution in [1.82, 2.24) is 0 Å². The number of rotatable bonds is 4. The van der Waals surface area contributed by atoms with E-state index < -0.39 is 15.6 Å². The molecule has 0 fully saturated rings. The second kappa shape index (κ2) is 7.44. The molecule has 0 bridgehead atoms. The van der Waals surface area contributed by atoms with Gasteiger partial charge in [0.05, 0.1) is 9.73 Å². The van der Waals surface area contributed by atoms with Gasteiger partial charge in [-0.15, -0.1) is 0 Å². The fraction of sp³-hybridized carbons (Fsp3) is 0.158. The summed E-state index contributed by atoms with van der Waals surface area (Å²) in [5.41, 5.74) is 1.97. The zero-order chi connectivity index (χ0) is 18.6. The summed E-state index contributed by atoms with van der Waals surface area (Å²) in [5, 5.41) is 0. The van der Waals surface area contributed by atoms with Gasteiger partial charge < -0.3 is 4.90 Å². The Hall–Kier alpha value is -2.73. The molecule has 0 aliphatic heterocycles. The molecule has 1 atom stereocenters. The number of anilines is 1. The molecule has 25 heavy (non-hydrogen) atoms. The van der Waals surface area contributed by atoms with Crippen LogP contribution in [0.15, 0.2) is 70.4 Å². The normalized spacial score (nSPS) is 12.8. The van der Waals surface area contributed by atoms with Crippen molar-refractivity contribution in [2.24, 2.45) is 4.36 Å². The van der Waals surface area contributed by atoms with Gasteiger partial charge in [0.1, 0.15) is 0 Å². The van der Waals surface area contributed by atoms with E-state index in [0.29, 0.717) is 16.1 Å². The van der Waals surface area contributed by atoms with Crippen molar-refractivity contribution >= 4 is 27.2 Å². The van der Waals surface area contributed by atoms with Gasteiger partial charge in [-0.25, -0.2) is 4.21 Å². The fourth-order valence-corrected chi connectivity index (χ4v) is 3.31. The van der Waals surface area contributed by atoms with Crippen LogP contribution in [0.1, 0.15) is 15.9 Å². The molecule has 2 aromatic rings. The highest BCUT2D eigenvalue weighted by atomic mass is 32.2. The summed E-state index contributed by atoms with van der Waals surface area (Å²) in [7, 11) is -1.21. The summed E-state index contributed by atoms with van der Waals surface area (Å²) in [6.45, 7) is 5.36. The zero-order valence-electron chi connectivity index (χ0n) is 14.4. The number of hydrogen-bond donors (Lipinski definition) is 0. The number of amides is 2. The van der Waals surface area contributed by atoms with Gasteiger partial charge in [0.2, 0.25) is 5.91 Å². The van der Waals surface area contributed by atoms with Crippen molar-refractivity contribution in [2.75, 3.05) is 18.2 Å². The van der Waals surface area contributed by atoms with E-state index in [-0.39, 0.29) is 5.91 Å². The van der Waals surface area contributed by atoms with Gasteiger partial charge in [0, 0.05) is 29.4 Å². The van der Waals surface area contributed by atoms with Crippen molar-refractivity contribution in [3.05, 3.63) is 72.3 Å². The minimum atomic E-state index is -2.82. The molecular formula is C19H20N2O3S. The van der Waals surface area contributed by atoms with Crippen LogP contribution >= 0.6 is 0 Å². The maximum absolute atomic E-state index is 12.7. The minimum absolute atomic E-state index is 0.250. The third kappa shape index (κ3) is 4.42. The van der Waals surface area contributed by atoms with E-state index in [2.05, 4.69) is 10.9 Å². The van der Waals surface area contributed by atoms with Crippen LogP contribution in [0.3, 0.4) is 0 Å². The van der Waals surface area contributed by atoms with Gasteiger partial charge in [-0.3, -0.25) is 9.59 Å². The minimum Gasteiger partial charge on any atom is -0.312 e. The summed E-state index contributed by atoms with van der Waals surface area (Å²) in [6, 6.07) is 13.5. The summed E-state index contributed by atoms with van der Waals surface area (Å²) >= 11 is 0. The van der Waals surface area contributed by atoms with E-state index in [1.54, 1.807) is 43.4 Å². The zero-order valence-corrected chi connectivity index (χ0v) is 15.2. The average Bonchev–Trinajstić information content (AvgIpc) is 2.60. The Morgan fingerprint density at radius 2 is 1.64 bits per heavy atom. The number of benzene rings is 2. The first-order valence-electron chi connectivity index (χ1n) is 7.58. The molecule has 2 aromatic carbocycles. The summed E-state index contributed by atoms with van der Waals surface area (Å²) < 4.78 is 16.6. The molecule has 130 valence electrons. The predicted octanol–water partition coefficient (Wildman–Crippen LogP) is 3.44. The first-order chi connectivity index (χ1) is 11.7. The average molecular weight is 356 g/mol. The molecule has 0 heterocycles. The van der Waals surface area contributed by atoms with Crippen LogP contribution in [-0.4, -0.2) is 29.3 Å². The second-order valence-electron chi connectivity index (χ2n) is 5.66. The second-order valence-corrected chi connectivity index (χ2v) is 7.92. The molecule has 2 rings (SSSR count). The number of aryl methyl sites for hydroxylation is 1. The lowest BCUT2D eigenvalue weighted by atomic mass is 10.2. The quantitative estimate of drug-likeness (QED) is 0.788. The van der Waals surface area contributed by atoms with E-state index in [1.807, 2.05) is 19.1 Å². The Morgan fingerprint density at radius 3 is 2.16 bits per heavy atom. The van der Waals surface area contributed by atoms with E-state index in [0.717, 1.165) is 5.56 Å². The van der Waals surface area contributed by atoms with Crippen LogP contribution in [0.4, 0.5) is 5.69 Å². The molecule has 0 saturated carbocycles. The topological polar surface area (TPSA) is 66.8 Å². The number of hydrogen-bond acceptors (Lipinski definition) is 3. The molecule has 0 spiro atoms. The highest BCUT2D eigenvalue weighted by Crippen LogP contribution is 2.17. The van der Waals surface area contributed by atoms with Gasteiger partial charge in [-0.1, -0.05) is 24.3 Å². The van der Waals surface area contributed by atoms with Crippen molar-refractivity contribution < 1.29 is 13.8 Å². The van der Waals surface area contributed by atoms with E-state index >= 15 is 0 Å².